The van der Waals surface area contributed by atoms with Gasteiger partial charge in [-0.15, -0.1) is 0 Å². The Balaban J connectivity index is 1.86. The van der Waals surface area contributed by atoms with E-state index >= 15 is 0 Å². The fourth-order valence-electron chi connectivity index (χ4n) is 3.11. The van der Waals surface area contributed by atoms with E-state index in [-0.39, 0.29) is 12.5 Å². The van der Waals surface area contributed by atoms with Crippen molar-refractivity contribution >= 4 is 11.9 Å². The average molecular weight is 348 g/mol. The SMILES string of the molecule is CCC1CCC(NC(=NCC(=O)N(C)C)NCCc2ccco2)CC1. The van der Waals surface area contributed by atoms with Crippen LogP contribution in [0, 0.1) is 5.92 Å². The zero-order valence-corrected chi connectivity index (χ0v) is 15.8. The van der Waals surface area contributed by atoms with Gasteiger partial charge in [0.2, 0.25) is 5.91 Å². The molecule has 25 heavy (non-hydrogen) atoms. The third-order valence-electron chi connectivity index (χ3n) is 4.88. The molecule has 140 valence electrons. The summed E-state index contributed by atoms with van der Waals surface area (Å²) in [5.41, 5.74) is 0. The lowest BCUT2D eigenvalue weighted by Gasteiger charge is -2.29. The molecule has 6 heteroatoms. The maximum absolute atomic E-state index is 11.8. The van der Waals surface area contributed by atoms with Gasteiger partial charge in [0, 0.05) is 33.1 Å². The summed E-state index contributed by atoms with van der Waals surface area (Å²) in [5, 5.41) is 6.85. The smallest absolute Gasteiger partial charge is 0.243 e. The minimum atomic E-state index is 0.00169. The zero-order chi connectivity index (χ0) is 18.1. The van der Waals surface area contributed by atoms with Crippen LogP contribution in [0.15, 0.2) is 27.8 Å². The Bertz CT molecular complexity index is 532. The number of likely N-dealkylation sites (N-methyl/N-ethyl adjacent to an activating group) is 1. The Kier molecular flexibility index (Phi) is 7.82. The predicted molar refractivity (Wildman–Crippen MR) is 101 cm³/mol. The Morgan fingerprint density at radius 2 is 2.08 bits per heavy atom. The molecule has 1 aromatic rings. The maximum Gasteiger partial charge on any atom is 0.243 e. The first-order valence-electron chi connectivity index (χ1n) is 9.35. The number of carbonyl (C=O) groups excluding carboxylic acids is 1. The second-order valence-corrected chi connectivity index (χ2v) is 6.98. The molecule has 1 aliphatic carbocycles. The third-order valence-corrected chi connectivity index (χ3v) is 4.88. The van der Waals surface area contributed by atoms with Crippen LogP contribution in [0.4, 0.5) is 0 Å². The van der Waals surface area contributed by atoms with Gasteiger partial charge < -0.3 is 20.0 Å². The van der Waals surface area contributed by atoms with Crippen LogP contribution >= 0.6 is 0 Å². The molecule has 0 bridgehead atoms. The van der Waals surface area contributed by atoms with Crippen LogP contribution in [0.25, 0.3) is 0 Å². The van der Waals surface area contributed by atoms with Crippen molar-refractivity contribution in [2.24, 2.45) is 10.9 Å². The van der Waals surface area contributed by atoms with Gasteiger partial charge in [-0.3, -0.25) is 4.79 Å². The van der Waals surface area contributed by atoms with E-state index < -0.39 is 0 Å². The number of rotatable bonds is 7. The molecule has 1 aliphatic rings. The highest BCUT2D eigenvalue weighted by Crippen LogP contribution is 2.26. The normalized spacial score (nSPS) is 21.0. The van der Waals surface area contributed by atoms with Crippen LogP contribution < -0.4 is 10.6 Å². The van der Waals surface area contributed by atoms with E-state index in [2.05, 4.69) is 22.5 Å². The van der Waals surface area contributed by atoms with Gasteiger partial charge in [0.25, 0.3) is 0 Å². The molecule has 0 aliphatic heterocycles. The Hall–Kier alpha value is -1.98. The van der Waals surface area contributed by atoms with Gasteiger partial charge in [0.05, 0.1) is 6.26 Å². The molecule has 1 saturated carbocycles. The number of hydrogen-bond acceptors (Lipinski definition) is 3. The molecule has 0 unspecified atom stereocenters. The van der Waals surface area contributed by atoms with Crippen molar-refractivity contribution in [3.63, 3.8) is 0 Å². The van der Waals surface area contributed by atoms with Gasteiger partial charge in [-0.2, -0.15) is 0 Å². The molecule has 2 rings (SSSR count). The van der Waals surface area contributed by atoms with Crippen LogP contribution in [0.3, 0.4) is 0 Å². The van der Waals surface area contributed by atoms with Crippen LogP contribution in [0.5, 0.6) is 0 Å². The summed E-state index contributed by atoms with van der Waals surface area (Å²) in [7, 11) is 3.50. The molecule has 1 fully saturated rings. The van der Waals surface area contributed by atoms with Gasteiger partial charge in [0.15, 0.2) is 5.96 Å². The summed E-state index contributed by atoms with van der Waals surface area (Å²) in [5.74, 6) is 2.53. The number of furan rings is 1. The fourth-order valence-corrected chi connectivity index (χ4v) is 3.11. The average Bonchev–Trinajstić information content (AvgIpc) is 3.13. The van der Waals surface area contributed by atoms with Gasteiger partial charge >= 0.3 is 0 Å². The number of carbonyl (C=O) groups is 1. The third kappa shape index (κ3) is 6.80. The summed E-state index contributed by atoms with van der Waals surface area (Å²) in [4.78, 5) is 17.9. The highest BCUT2D eigenvalue weighted by molar-refractivity contribution is 5.84. The minimum absolute atomic E-state index is 0.00169. The van der Waals surface area contributed by atoms with E-state index in [4.69, 9.17) is 4.42 Å². The van der Waals surface area contributed by atoms with E-state index in [0.29, 0.717) is 6.04 Å². The standard InChI is InChI=1S/C19H32N4O2/c1-4-15-7-9-16(10-8-15)22-19(21-14-18(24)23(2)3)20-12-11-17-6-5-13-25-17/h5-6,13,15-16H,4,7-12,14H2,1-3H3,(H2,20,21,22). The second-order valence-electron chi connectivity index (χ2n) is 6.98. The number of amides is 1. The first-order chi connectivity index (χ1) is 12.1. The molecule has 6 nitrogen and oxygen atoms in total. The van der Waals surface area contributed by atoms with Gasteiger partial charge in [-0.1, -0.05) is 13.3 Å². The quantitative estimate of drug-likeness (QED) is 0.586. The van der Waals surface area contributed by atoms with Crippen molar-refractivity contribution in [2.45, 2.75) is 51.5 Å². The van der Waals surface area contributed by atoms with Crippen molar-refractivity contribution in [2.75, 3.05) is 27.2 Å². The lowest BCUT2D eigenvalue weighted by atomic mass is 9.84. The summed E-state index contributed by atoms with van der Waals surface area (Å²) < 4.78 is 5.36. The maximum atomic E-state index is 11.8. The Morgan fingerprint density at radius 3 is 2.68 bits per heavy atom. The van der Waals surface area contributed by atoms with Gasteiger partial charge in [-0.05, 0) is 43.7 Å². The molecule has 1 heterocycles. The molecule has 0 atom stereocenters. The van der Waals surface area contributed by atoms with Crippen molar-refractivity contribution < 1.29 is 9.21 Å². The molecule has 0 spiro atoms. The van der Waals surface area contributed by atoms with Gasteiger partial charge in [-0.25, -0.2) is 4.99 Å². The number of hydrogen-bond donors (Lipinski definition) is 2. The molecule has 1 aromatic heterocycles. The van der Waals surface area contributed by atoms with E-state index in [1.165, 1.54) is 32.1 Å². The summed E-state index contributed by atoms with van der Waals surface area (Å²) in [6, 6.07) is 4.30. The largest absolute Gasteiger partial charge is 0.469 e. The monoisotopic (exact) mass is 348 g/mol. The second kappa shape index (κ2) is 10.1. The molecule has 2 N–H and O–H groups in total. The number of nitrogens with one attached hydrogen (secondary N) is 2. The highest BCUT2D eigenvalue weighted by atomic mass is 16.3. The molecule has 0 saturated heterocycles. The zero-order valence-electron chi connectivity index (χ0n) is 15.8. The van der Waals surface area contributed by atoms with Crippen molar-refractivity contribution in [3.05, 3.63) is 24.2 Å². The van der Waals surface area contributed by atoms with E-state index in [1.54, 1.807) is 25.3 Å². The van der Waals surface area contributed by atoms with E-state index in [0.717, 1.165) is 30.6 Å². The molecule has 0 aromatic carbocycles. The van der Waals surface area contributed by atoms with Gasteiger partial charge in [0.1, 0.15) is 12.3 Å². The van der Waals surface area contributed by atoms with Crippen molar-refractivity contribution in [1.29, 1.82) is 0 Å². The summed E-state index contributed by atoms with van der Waals surface area (Å²) in [6.45, 7) is 3.15. The van der Waals surface area contributed by atoms with Crippen LogP contribution in [0.2, 0.25) is 0 Å². The lowest BCUT2D eigenvalue weighted by molar-refractivity contribution is -0.127. The first-order valence-corrected chi connectivity index (χ1v) is 9.35. The first kappa shape index (κ1) is 19.3. The Morgan fingerprint density at radius 1 is 1.32 bits per heavy atom. The molecular weight excluding hydrogens is 316 g/mol. The number of aliphatic imine (C=N–C) groups is 1. The minimum Gasteiger partial charge on any atom is -0.469 e. The number of nitrogens with zero attached hydrogens (tertiary/aromatic N) is 2. The number of guanidine groups is 1. The van der Waals surface area contributed by atoms with Crippen molar-refractivity contribution in [3.8, 4) is 0 Å². The topological polar surface area (TPSA) is 69.9 Å². The summed E-state index contributed by atoms with van der Waals surface area (Å²) >= 11 is 0. The fraction of sp³-hybridized carbons (Fsp3) is 0.684. The Labute approximate surface area is 151 Å². The van der Waals surface area contributed by atoms with Crippen LogP contribution in [0.1, 0.15) is 44.8 Å². The van der Waals surface area contributed by atoms with E-state index in [9.17, 15) is 4.79 Å². The lowest BCUT2D eigenvalue weighted by Crippen LogP contribution is -2.46. The van der Waals surface area contributed by atoms with Crippen LogP contribution in [-0.2, 0) is 11.2 Å². The van der Waals surface area contributed by atoms with E-state index in [1.807, 2.05) is 12.1 Å². The molecular formula is C19H32N4O2. The summed E-state index contributed by atoms with van der Waals surface area (Å²) in [6.07, 6.45) is 8.61. The van der Waals surface area contributed by atoms with Crippen molar-refractivity contribution in [1.82, 2.24) is 15.5 Å². The molecule has 0 radical (unpaired) electrons. The molecule has 1 amide bonds. The predicted octanol–water partition coefficient (Wildman–Crippen LogP) is 2.41. The van der Waals surface area contributed by atoms with Crippen LogP contribution in [-0.4, -0.2) is 50.0 Å². The highest BCUT2D eigenvalue weighted by Gasteiger charge is 2.20.